The molecule has 0 saturated heterocycles. The van der Waals surface area contributed by atoms with Gasteiger partial charge in [-0.3, -0.25) is 9.36 Å². The molecule has 0 fully saturated rings. The van der Waals surface area contributed by atoms with Gasteiger partial charge in [0.05, 0.1) is 5.97 Å². The Morgan fingerprint density at radius 2 is 1.83 bits per heavy atom. The Balaban J connectivity index is 1.82. The van der Waals surface area contributed by atoms with Gasteiger partial charge in [0, 0.05) is 17.4 Å². The molecule has 1 aromatic carbocycles. The SMILES string of the molecule is O=C([O-])c1cccc(NC(=O)c2ccnc(-n3cnnc3)c2)c1. The van der Waals surface area contributed by atoms with Gasteiger partial charge in [0.2, 0.25) is 0 Å². The number of carbonyl (C=O) groups excluding carboxylic acids is 2. The van der Waals surface area contributed by atoms with E-state index < -0.39 is 11.9 Å². The predicted molar refractivity (Wildman–Crippen MR) is 77.9 cm³/mol. The Bertz CT molecular complexity index is 861. The number of rotatable bonds is 4. The number of aromatic carboxylic acids is 1. The van der Waals surface area contributed by atoms with Crippen LogP contribution in [0.3, 0.4) is 0 Å². The molecular formula is C15H10N5O3-. The van der Waals surface area contributed by atoms with E-state index in [1.54, 1.807) is 22.8 Å². The molecule has 8 nitrogen and oxygen atoms in total. The first-order valence-corrected chi connectivity index (χ1v) is 6.57. The monoisotopic (exact) mass is 308 g/mol. The van der Waals surface area contributed by atoms with Crippen molar-refractivity contribution >= 4 is 17.6 Å². The quantitative estimate of drug-likeness (QED) is 0.740. The maximum Gasteiger partial charge on any atom is 0.255 e. The van der Waals surface area contributed by atoms with Crippen LogP contribution >= 0.6 is 0 Å². The lowest BCUT2D eigenvalue weighted by Gasteiger charge is -2.09. The van der Waals surface area contributed by atoms with Crippen LogP contribution in [0, 0.1) is 0 Å². The maximum atomic E-state index is 12.3. The highest BCUT2D eigenvalue weighted by Crippen LogP contribution is 2.13. The number of aromatic nitrogens is 4. The van der Waals surface area contributed by atoms with Crippen LogP contribution in [0.15, 0.2) is 55.2 Å². The molecule has 2 heterocycles. The third kappa shape index (κ3) is 3.21. The third-order valence-corrected chi connectivity index (χ3v) is 3.05. The molecule has 0 aliphatic carbocycles. The van der Waals surface area contributed by atoms with Gasteiger partial charge in [0.15, 0.2) is 0 Å². The van der Waals surface area contributed by atoms with Crippen LogP contribution < -0.4 is 10.4 Å². The van der Waals surface area contributed by atoms with Crippen LogP contribution in [0.1, 0.15) is 20.7 Å². The summed E-state index contributed by atoms with van der Waals surface area (Å²) in [6, 6.07) is 8.95. The predicted octanol–water partition coefficient (Wildman–Crippen LogP) is 0.278. The zero-order valence-electron chi connectivity index (χ0n) is 11.7. The van der Waals surface area contributed by atoms with Gasteiger partial charge in [0.1, 0.15) is 18.5 Å². The van der Waals surface area contributed by atoms with Gasteiger partial charge >= 0.3 is 0 Å². The molecule has 1 N–H and O–H groups in total. The summed E-state index contributed by atoms with van der Waals surface area (Å²) in [5, 5.41) is 20.8. The largest absolute Gasteiger partial charge is 0.545 e. The lowest BCUT2D eigenvalue weighted by Crippen LogP contribution is -2.22. The normalized spacial score (nSPS) is 10.3. The van der Waals surface area contributed by atoms with Crippen molar-refractivity contribution in [3.63, 3.8) is 0 Å². The van der Waals surface area contributed by atoms with Gasteiger partial charge in [-0.2, -0.15) is 0 Å². The summed E-state index contributed by atoms with van der Waals surface area (Å²) in [5.41, 5.74) is 0.713. The van der Waals surface area contributed by atoms with Crippen LogP contribution in [0.25, 0.3) is 5.82 Å². The van der Waals surface area contributed by atoms with Crippen molar-refractivity contribution in [1.29, 1.82) is 0 Å². The molecule has 2 aromatic heterocycles. The van der Waals surface area contributed by atoms with Crippen molar-refractivity contribution in [2.24, 2.45) is 0 Å². The number of carboxylic acid groups (broad SMARTS) is 1. The number of carbonyl (C=O) groups is 2. The number of anilines is 1. The summed E-state index contributed by atoms with van der Waals surface area (Å²) in [5.74, 6) is -1.21. The number of nitrogens with zero attached hydrogens (tertiary/aromatic N) is 4. The van der Waals surface area contributed by atoms with Gasteiger partial charge < -0.3 is 15.2 Å². The summed E-state index contributed by atoms with van der Waals surface area (Å²) in [6.45, 7) is 0. The molecule has 8 heteroatoms. The summed E-state index contributed by atoms with van der Waals surface area (Å²) >= 11 is 0. The Morgan fingerprint density at radius 3 is 2.57 bits per heavy atom. The zero-order chi connectivity index (χ0) is 16.2. The number of carboxylic acids is 1. The van der Waals surface area contributed by atoms with Gasteiger partial charge in [-0.1, -0.05) is 12.1 Å². The first-order valence-electron chi connectivity index (χ1n) is 6.57. The number of hydrogen-bond donors (Lipinski definition) is 1. The Kier molecular flexibility index (Phi) is 3.79. The molecule has 3 aromatic rings. The standard InChI is InChI=1S/C15H11N5O3/c21-14(19-12-3-1-2-11(6-12)15(22)23)10-4-5-16-13(7-10)20-8-17-18-9-20/h1-9H,(H,19,21)(H,22,23)/p-1. The number of nitrogens with one attached hydrogen (secondary N) is 1. The molecular weight excluding hydrogens is 298 g/mol. The van der Waals surface area contributed by atoms with Crippen LogP contribution in [0.4, 0.5) is 5.69 Å². The fourth-order valence-electron chi connectivity index (χ4n) is 1.95. The van der Waals surface area contributed by atoms with E-state index in [0.29, 0.717) is 17.1 Å². The molecule has 23 heavy (non-hydrogen) atoms. The van der Waals surface area contributed by atoms with Crippen LogP contribution in [0.2, 0.25) is 0 Å². The van der Waals surface area contributed by atoms with Crippen LogP contribution in [-0.4, -0.2) is 31.6 Å². The molecule has 0 atom stereocenters. The van der Waals surface area contributed by atoms with Gasteiger partial charge in [-0.15, -0.1) is 10.2 Å². The molecule has 0 unspecified atom stereocenters. The highest BCUT2D eigenvalue weighted by atomic mass is 16.4. The smallest absolute Gasteiger partial charge is 0.255 e. The first kappa shape index (κ1) is 14.4. The van der Waals surface area contributed by atoms with Crippen molar-refractivity contribution in [1.82, 2.24) is 19.7 Å². The van der Waals surface area contributed by atoms with Crippen molar-refractivity contribution in [3.8, 4) is 5.82 Å². The van der Waals surface area contributed by atoms with Crippen LogP contribution in [0.5, 0.6) is 0 Å². The molecule has 0 aliphatic rings. The second-order valence-electron chi connectivity index (χ2n) is 4.59. The molecule has 3 rings (SSSR count). The third-order valence-electron chi connectivity index (χ3n) is 3.05. The molecule has 0 saturated carbocycles. The number of hydrogen-bond acceptors (Lipinski definition) is 6. The lowest BCUT2D eigenvalue weighted by atomic mass is 10.2. The van der Waals surface area contributed by atoms with E-state index >= 15 is 0 Å². The highest BCUT2D eigenvalue weighted by molar-refractivity contribution is 6.04. The second kappa shape index (κ2) is 6.06. The summed E-state index contributed by atoms with van der Waals surface area (Å²) in [4.78, 5) is 27.2. The van der Waals surface area contributed by atoms with Crippen molar-refractivity contribution < 1.29 is 14.7 Å². The average Bonchev–Trinajstić information content (AvgIpc) is 3.10. The van der Waals surface area contributed by atoms with Gasteiger partial charge in [-0.05, 0) is 29.8 Å². The fourth-order valence-corrected chi connectivity index (χ4v) is 1.95. The van der Waals surface area contributed by atoms with Crippen molar-refractivity contribution in [2.45, 2.75) is 0 Å². The minimum atomic E-state index is -1.31. The summed E-state index contributed by atoms with van der Waals surface area (Å²) < 4.78 is 1.56. The molecule has 0 spiro atoms. The lowest BCUT2D eigenvalue weighted by molar-refractivity contribution is -0.255. The maximum absolute atomic E-state index is 12.3. The van der Waals surface area contributed by atoms with Gasteiger partial charge in [-0.25, -0.2) is 4.98 Å². The summed E-state index contributed by atoms with van der Waals surface area (Å²) in [7, 11) is 0. The zero-order valence-corrected chi connectivity index (χ0v) is 11.7. The Labute approximate surface area is 130 Å². The summed E-state index contributed by atoms with van der Waals surface area (Å²) in [6.07, 6.45) is 4.42. The van der Waals surface area contributed by atoms with Crippen LogP contribution in [-0.2, 0) is 0 Å². The molecule has 0 radical (unpaired) electrons. The second-order valence-corrected chi connectivity index (χ2v) is 4.59. The van der Waals surface area contributed by atoms with E-state index in [0.717, 1.165) is 0 Å². The molecule has 114 valence electrons. The fraction of sp³-hybridized carbons (Fsp3) is 0. The average molecular weight is 308 g/mol. The minimum Gasteiger partial charge on any atom is -0.545 e. The van der Waals surface area contributed by atoms with E-state index in [4.69, 9.17) is 0 Å². The van der Waals surface area contributed by atoms with E-state index in [2.05, 4.69) is 20.5 Å². The van der Waals surface area contributed by atoms with E-state index in [-0.39, 0.29) is 5.56 Å². The van der Waals surface area contributed by atoms with Crippen molar-refractivity contribution in [2.75, 3.05) is 5.32 Å². The number of amides is 1. The minimum absolute atomic E-state index is 0.0114. The Morgan fingerprint density at radius 1 is 1.04 bits per heavy atom. The van der Waals surface area contributed by atoms with Crippen molar-refractivity contribution in [3.05, 3.63) is 66.4 Å². The Hall–Kier alpha value is -3.55. The topological polar surface area (TPSA) is 113 Å². The van der Waals surface area contributed by atoms with E-state index in [9.17, 15) is 14.7 Å². The first-order chi connectivity index (χ1) is 11.1. The molecule has 0 bridgehead atoms. The number of pyridine rings is 1. The molecule has 1 amide bonds. The van der Waals surface area contributed by atoms with E-state index in [1.807, 2.05) is 0 Å². The van der Waals surface area contributed by atoms with Gasteiger partial charge in [0.25, 0.3) is 5.91 Å². The highest BCUT2D eigenvalue weighted by Gasteiger charge is 2.09. The molecule has 0 aliphatic heterocycles. The van der Waals surface area contributed by atoms with E-state index in [1.165, 1.54) is 37.1 Å². The number of benzene rings is 1.